The molecule has 4 aromatic heterocycles. The minimum Gasteiger partial charge on any atom is -0.480 e. The van der Waals surface area contributed by atoms with Crippen molar-refractivity contribution in [1.82, 2.24) is 24.9 Å². The van der Waals surface area contributed by atoms with Gasteiger partial charge in [-0.3, -0.25) is 20.1 Å². The molecule has 12 nitrogen and oxygen atoms in total. The third kappa shape index (κ3) is 6.70. The Labute approximate surface area is 286 Å². The number of hydrogen-bond donors (Lipinski definition) is 3. The molecule has 264 valence electrons. The van der Waals surface area contributed by atoms with Crippen LogP contribution < -0.4 is 15.1 Å². The maximum atomic E-state index is 14.2. The maximum Gasteiger partial charge on any atom is 0.418 e. The molecule has 3 fully saturated rings. The van der Waals surface area contributed by atoms with Crippen molar-refractivity contribution in [2.24, 2.45) is 5.41 Å². The molecule has 1 amide bonds. The van der Waals surface area contributed by atoms with Gasteiger partial charge in [-0.05, 0) is 62.8 Å². The number of ether oxygens (including phenoxy) is 1. The number of H-pyrrole nitrogens is 1. The summed E-state index contributed by atoms with van der Waals surface area (Å²) in [6, 6.07) is 5.38. The second-order valence-electron chi connectivity index (χ2n) is 13.8. The number of imidazole rings is 1. The van der Waals surface area contributed by atoms with Crippen molar-refractivity contribution < 1.29 is 32.6 Å². The number of aliphatic carboxylic acids is 1. The van der Waals surface area contributed by atoms with Crippen molar-refractivity contribution in [2.45, 2.75) is 69.5 Å². The molecule has 2 saturated carbocycles. The van der Waals surface area contributed by atoms with Gasteiger partial charge in [-0.25, -0.2) is 9.78 Å². The fourth-order valence-electron chi connectivity index (χ4n) is 7.60. The van der Waals surface area contributed by atoms with Crippen LogP contribution in [0.15, 0.2) is 36.7 Å². The zero-order chi connectivity index (χ0) is 35.2. The molecule has 1 unspecified atom stereocenters. The van der Waals surface area contributed by atoms with Gasteiger partial charge in [-0.1, -0.05) is 12.8 Å². The fraction of sp³-hybridized carbons (Fsp3) is 0.486. The standard InChI is InChI=1S/C35H39F3N8O4/c1-45(18-34(19-50-2)10-3-4-11-34)27-16-24(21-14-23(35(36,37)38)28(40-17-21)20-7-8-20)41-30-29(27)42-33(43-30)44-31(47)25-15-22(9-12-39-25)46-13-5-6-26(46)32(48)49/h9,12,14-17,20,26H,3-8,10-11,13,18-19H2,1-2H3,(H,48,49)(H2,41,42,43,44,47). The van der Waals surface area contributed by atoms with Crippen molar-refractivity contribution in [2.75, 3.05) is 49.0 Å². The summed E-state index contributed by atoms with van der Waals surface area (Å²) < 4.78 is 48.2. The van der Waals surface area contributed by atoms with E-state index in [0.29, 0.717) is 55.9 Å². The van der Waals surface area contributed by atoms with E-state index in [-0.39, 0.29) is 45.6 Å². The first-order valence-corrected chi connectivity index (χ1v) is 16.9. The van der Waals surface area contributed by atoms with Gasteiger partial charge < -0.3 is 24.6 Å². The number of aromatic nitrogens is 5. The molecule has 50 heavy (non-hydrogen) atoms. The van der Waals surface area contributed by atoms with Gasteiger partial charge in [0.2, 0.25) is 5.95 Å². The average molecular weight is 693 g/mol. The van der Waals surface area contributed by atoms with Crippen LogP contribution in [0.3, 0.4) is 0 Å². The number of aromatic amines is 1. The highest BCUT2D eigenvalue weighted by Crippen LogP contribution is 2.46. The number of pyridine rings is 3. The SMILES string of the molecule is COCC1(CN(C)c2cc(-c3cnc(C4CC4)c(C(F)(F)F)c3)nc3nc(NC(=O)c4cc(N5CCCC5C(=O)O)ccn4)[nH]c23)CCCC1. The topological polar surface area (TPSA) is 149 Å². The van der Waals surface area contributed by atoms with Crippen molar-refractivity contribution in [1.29, 1.82) is 0 Å². The summed E-state index contributed by atoms with van der Waals surface area (Å²) >= 11 is 0. The molecular weight excluding hydrogens is 653 g/mol. The summed E-state index contributed by atoms with van der Waals surface area (Å²) in [7, 11) is 3.60. The number of carbonyl (C=O) groups is 2. The number of alkyl halides is 3. The summed E-state index contributed by atoms with van der Waals surface area (Å²) in [6.45, 7) is 1.74. The second kappa shape index (κ2) is 13.2. The lowest BCUT2D eigenvalue weighted by atomic mass is 9.86. The lowest BCUT2D eigenvalue weighted by molar-refractivity contribution is -0.139. The van der Waals surface area contributed by atoms with E-state index in [0.717, 1.165) is 38.2 Å². The predicted molar refractivity (Wildman–Crippen MR) is 180 cm³/mol. The lowest BCUT2D eigenvalue weighted by Gasteiger charge is -2.34. The molecule has 0 aromatic carbocycles. The number of fused-ring (bicyclic) bond motifs is 1. The summed E-state index contributed by atoms with van der Waals surface area (Å²) in [4.78, 5) is 49.8. The molecule has 3 aliphatic rings. The van der Waals surface area contributed by atoms with Crippen molar-refractivity contribution in [3.05, 3.63) is 53.6 Å². The first-order chi connectivity index (χ1) is 23.9. The van der Waals surface area contributed by atoms with E-state index < -0.39 is 29.7 Å². The highest BCUT2D eigenvalue weighted by molar-refractivity contribution is 6.03. The highest BCUT2D eigenvalue weighted by Gasteiger charge is 2.40. The van der Waals surface area contributed by atoms with Crippen LogP contribution in [0.25, 0.3) is 22.4 Å². The Morgan fingerprint density at radius 3 is 2.60 bits per heavy atom. The number of anilines is 3. The van der Waals surface area contributed by atoms with E-state index in [1.807, 2.05) is 11.9 Å². The van der Waals surface area contributed by atoms with E-state index in [9.17, 15) is 27.9 Å². The van der Waals surface area contributed by atoms with Gasteiger partial charge in [0, 0.05) is 62.2 Å². The van der Waals surface area contributed by atoms with Gasteiger partial charge >= 0.3 is 12.1 Å². The Kier molecular flexibility index (Phi) is 8.87. The molecule has 0 spiro atoms. The number of halogens is 3. The van der Waals surface area contributed by atoms with Crippen LogP contribution in [0, 0.1) is 5.41 Å². The first-order valence-electron chi connectivity index (χ1n) is 16.9. The third-order valence-electron chi connectivity index (χ3n) is 10.1. The van der Waals surface area contributed by atoms with Crippen LogP contribution in [-0.2, 0) is 15.7 Å². The Morgan fingerprint density at radius 1 is 1.12 bits per heavy atom. The molecule has 2 aliphatic carbocycles. The summed E-state index contributed by atoms with van der Waals surface area (Å²) in [6.07, 6.45) is 5.04. The minimum absolute atomic E-state index is 0.0630. The Balaban J connectivity index is 1.24. The molecule has 0 bridgehead atoms. The highest BCUT2D eigenvalue weighted by atomic mass is 19.4. The number of amides is 1. The molecule has 1 saturated heterocycles. The monoisotopic (exact) mass is 692 g/mol. The number of carbonyl (C=O) groups excluding carboxylic acids is 1. The Morgan fingerprint density at radius 2 is 1.90 bits per heavy atom. The average Bonchev–Trinajstić information content (AvgIpc) is 3.42. The zero-order valence-corrected chi connectivity index (χ0v) is 27.9. The number of nitrogens with one attached hydrogen (secondary N) is 2. The fourth-order valence-corrected chi connectivity index (χ4v) is 7.60. The van der Waals surface area contributed by atoms with Crippen molar-refractivity contribution in [3.63, 3.8) is 0 Å². The molecule has 4 aromatic rings. The third-order valence-corrected chi connectivity index (χ3v) is 10.1. The van der Waals surface area contributed by atoms with Gasteiger partial charge in [-0.2, -0.15) is 18.2 Å². The molecule has 7 rings (SSSR count). The second-order valence-corrected chi connectivity index (χ2v) is 13.8. The van der Waals surface area contributed by atoms with Crippen molar-refractivity contribution in [3.8, 4) is 11.3 Å². The van der Waals surface area contributed by atoms with Crippen LogP contribution in [0.4, 0.5) is 30.5 Å². The van der Waals surface area contributed by atoms with Crippen LogP contribution in [0.1, 0.15) is 79.0 Å². The minimum atomic E-state index is -4.57. The van der Waals surface area contributed by atoms with Crippen molar-refractivity contribution >= 4 is 40.4 Å². The number of nitrogens with zero attached hydrogens (tertiary/aromatic N) is 6. The van der Waals surface area contributed by atoms with Crippen LogP contribution in [0.5, 0.6) is 0 Å². The quantitative estimate of drug-likeness (QED) is 0.164. The first kappa shape index (κ1) is 33.7. The smallest absolute Gasteiger partial charge is 0.418 e. The van der Waals surface area contributed by atoms with Gasteiger partial charge in [0.15, 0.2) is 5.65 Å². The summed E-state index contributed by atoms with van der Waals surface area (Å²) in [5.41, 5.74) is 1.67. The number of carboxylic acids is 1. The number of hydrogen-bond acceptors (Lipinski definition) is 9. The van der Waals surface area contributed by atoms with Gasteiger partial charge in [-0.15, -0.1) is 0 Å². The van der Waals surface area contributed by atoms with Crippen LogP contribution in [-0.4, -0.2) is 81.8 Å². The van der Waals surface area contributed by atoms with Gasteiger partial charge in [0.05, 0.1) is 29.2 Å². The Bertz CT molecular complexity index is 1920. The van der Waals surface area contributed by atoms with Crippen LogP contribution >= 0.6 is 0 Å². The van der Waals surface area contributed by atoms with Gasteiger partial charge in [0.1, 0.15) is 17.3 Å². The molecule has 1 atom stereocenters. The molecular formula is C35H39F3N8O4. The predicted octanol–water partition coefficient (Wildman–Crippen LogP) is 6.26. The van der Waals surface area contributed by atoms with Crippen LogP contribution in [0.2, 0.25) is 0 Å². The van der Waals surface area contributed by atoms with E-state index in [1.165, 1.54) is 12.4 Å². The number of carboxylic acid groups (broad SMARTS) is 1. The normalized spacial score (nSPS) is 18.9. The van der Waals surface area contributed by atoms with E-state index >= 15 is 0 Å². The summed E-state index contributed by atoms with van der Waals surface area (Å²) in [5.74, 6) is -1.62. The number of methoxy groups -OCH3 is 1. The van der Waals surface area contributed by atoms with E-state index in [2.05, 4.69) is 30.2 Å². The molecule has 3 N–H and O–H groups in total. The molecule has 1 aliphatic heterocycles. The number of rotatable bonds is 11. The van der Waals surface area contributed by atoms with Gasteiger partial charge in [0.25, 0.3) is 5.91 Å². The zero-order valence-electron chi connectivity index (χ0n) is 27.9. The summed E-state index contributed by atoms with van der Waals surface area (Å²) in [5, 5.41) is 12.4. The largest absolute Gasteiger partial charge is 0.480 e. The lowest BCUT2D eigenvalue weighted by Crippen LogP contribution is -2.37. The van der Waals surface area contributed by atoms with E-state index in [4.69, 9.17) is 4.74 Å². The maximum absolute atomic E-state index is 14.2. The Hall–Kier alpha value is -4.79. The molecule has 5 heterocycles. The van der Waals surface area contributed by atoms with E-state index in [1.54, 1.807) is 30.2 Å². The molecule has 0 radical (unpaired) electrons. The molecule has 15 heteroatoms.